The number of carboxylic acid groups (broad SMARTS) is 1. The van der Waals surface area contributed by atoms with E-state index in [1.165, 1.54) is 12.1 Å². The lowest BCUT2D eigenvalue weighted by atomic mass is 10.2. The zero-order valence-corrected chi connectivity index (χ0v) is 11.6. The van der Waals surface area contributed by atoms with Gasteiger partial charge in [-0.3, -0.25) is 0 Å². The van der Waals surface area contributed by atoms with E-state index in [4.69, 9.17) is 9.84 Å². The second-order valence-electron chi connectivity index (χ2n) is 3.93. The molecule has 0 radical (unpaired) electrons. The van der Waals surface area contributed by atoms with Crippen molar-refractivity contribution in [2.45, 2.75) is 6.92 Å². The van der Waals surface area contributed by atoms with Crippen LogP contribution in [0.4, 0.5) is 4.39 Å². The van der Waals surface area contributed by atoms with Crippen LogP contribution in [0.2, 0.25) is 0 Å². The topological polar surface area (TPSA) is 46.5 Å². The highest BCUT2D eigenvalue weighted by Crippen LogP contribution is 2.31. The zero-order chi connectivity index (χ0) is 14.0. The Bertz CT molecular complexity index is 641. The predicted octanol–water partition coefficient (Wildman–Crippen LogP) is 4.39. The van der Waals surface area contributed by atoms with Gasteiger partial charge in [-0.05, 0) is 46.6 Å². The van der Waals surface area contributed by atoms with Crippen molar-refractivity contribution >= 4 is 21.9 Å². The van der Waals surface area contributed by atoms with E-state index in [1.807, 2.05) is 0 Å². The van der Waals surface area contributed by atoms with Gasteiger partial charge >= 0.3 is 5.97 Å². The second kappa shape index (κ2) is 5.40. The van der Waals surface area contributed by atoms with Gasteiger partial charge in [0.05, 0.1) is 0 Å². The normalized spacial score (nSPS) is 10.3. The summed E-state index contributed by atoms with van der Waals surface area (Å²) in [4.78, 5) is 11.2. The van der Waals surface area contributed by atoms with Crippen molar-refractivity contribution in [3.8, 4) is 11.5 Å². The Labute approximate surface area is 117 Å². The third-order valence-corrected chi connectivity index (χ3v) is 3.22. The van der Waals surface area contributed by atoms with Crippen LogP contribution in [0.1, 0.15) is 15.9 Å². The smallest absolute Gasteiger partial charge is 0.340 e. The van der Waals surface area contributed by atoms with Crippen LogP contribution in [0.25, 0.3) is 0 Å². The van der Waals surface area contributed by atoms with Crippen LogP contribution in [0.15, 0.2) is 40.9 Å². The third-order valence-electron chi connectivity index (χ3n) is 2.56. The highest BCUT2D eigenvalue weighted by molar-refractivity contribution is 9.10. The molecule has 19 heavy (non-hydrogen) atoms. The minimum absolute atomic E-state index is 0.00323. The SMILES string of the molecule is Cc1ccc(Oc2cccc(Br)c2C(=O)O)cc1F. The van der Waals surface area contributed by atoms with E-state index < -0.39 is 11.8 Å². The molecular weight excluding hydrogens is 315 g/mol. The lowest BCUT2D eigenvalue weighted by molar-refractivity contribution is 0.0693. The van der Waals surface area contributed by atoms with Gasteiger partial charge in [0.2, 0.25) is 0 Å². The lowest BCUT2D eigenvalue weighted by Crippen LogP contribution is -2.01. The van der Waals surface area contributed by atoms with Gasteiger partial charge in [0.25, 0.3) is 0 Å². The minimum atomic E-state index is -1.12. The number of aromatic carboxylic acids is 1. The Balaban J connectivity index is 2.40. The zero-order valence-electron chi connectivity index (χ0n) is 9.98. The summed E-state index contributed by atoms with van der Waals surface area (Å²) in [5.41, 5.74) is 0.503. The highest BCUT2D eigenvalue weighted by atomic mass is 79.9. The van der Waals surface area contributed by atoms with Gasteiger partial charge in [0, 0.05) is 10.5 Å². The molecule has 0 atom stereocenters. The molecule has 2 aromatic carbocycles. The van der Waals surface area contributed by atoms with Crippen LogP contribution < -0.4 is 4.74 Å². The average molecular weight is 325 g/mol. The molecule has 0 amide bonds. The number of hydrogen-bond donors (Lipinski definition) is 1. The summed E-state index contributed by atoms with van der Waals surface area (Å²) in [6.07, 6.45) is 0. The lowest BCUT2D eigenvalue weighted by Gasteiger charge is -2.10. The van der Waals surface area contributed by atoms with Gasteiger partial charge in [0.1, 0.15) is 22.9 Å². The molecule has 98 valence electrons. The predicted molar refractivity (Wildman–Crippen MR) is 72.3 cm³/mol. The summed E-state index contributed by atoms with van der Waals surface area (Å²) in [6.45, 7) is 1.64. The van der Waals surface area contributed by atoms with Crippen molar-refractivity contribution in [2.24, 2.45) is 0 Å². The molecule has 5 heteroatoms. The number of carbonyl (C=O) groups is 1. The van der Waals surface area contributed by atoms with Gasteiger partial charge in [0.15, 0.2) is 0 Å². The first-order valence-electron chi connectivity index (χ1n) is 5.45. The Morgan fingerprint density at radius 3 is 2.68 bits per heavy atom. The molecule has 0 spiro atoms. The maximum Gasteiger partial charge on any atom is 0.340 e. The van der Waals surface area contributed by atoms with Gasteiger partial charge in [-0.2, -0.15) is 0 Å². The number of aryl methyl sites for hydroxylation is 1. The van der Waals surface area contributed by atoms with Gasteiger partial charge in [-0.15, -0.1) is 0 Å². The van der Waals surface area contributed by atoms with Crippen LogP contribution in [0, 0.1) is 12.7 Å². The number of carboxylic acids is 1. The first kappa shape index (κ1) is 13.5. The van der Waals surface area contributed by atoms with Gasteiger partial charge in [-0.25, -0.2) is 9.18 Å². The van der Waals surface area contributed by atoms with Crippen LogP contribution in [-0.4, -0.2) is 11.1 Å². The fourth-order valence-corrected chi connectivity index (χ4v) is 2.08. The van der Waals surface area contributed by atoms with Crippen molar-refractivity contribution in [1.82, 2.24) is 0 Å². The molecular formula is C14H10BrFO3. The molecule has 0 saturated carbocycles. The molecule has 0 aliphatic carbocycles. The molecule has 0 aliphatic rings. The number of rotatable bonds is 3. The van der Waals surface area contributed by atoms with Crippen LogP contribution >= 0.6 is 15.9 Å². The summed E-state index contributed by atoms with van der Waals surface area (Å²) in [6, 6.07) is 9.16. The van der Waals surface area contributed by atoms with Gasteiger partial charge < -0.3 is 9.84 Å². The number of ether oxygens (including phenoxy) is 1. The molecule has 0 bridgehead atoms. The molecule has 2 rings (SSSR count). The van der Waals surface area contributed by atoms with Gasteiger partial charge in [-0.1, -0.05) is 12.1 Å². The first-order valence-corrected chi connectivity index (χ1v) is 6.24. The minimum Gasteiger partial charge on any atom is -0.478 e. The van der Waals surface area contributed by atoms with Crippen LogP contribution in [0.5, 0.6) is 11.5 Å². The Morgan fingerprint density at radius 2 is 2.05 bits per heavy atom. The van der Waals surface area contributed by atoms with Crippen molar-refractivity contribution in [1.29, 1.82) is 0 Å². The summed E-state index contributed by atoms with van der Waals surface area (Å²) >= 11 is 3.15. The summed E-state index contributed by atoms with van der Waals surface area (Å²) in [5.74, 6) is -1.10. The fourth-order valence-electron chi connectivity index (χ4n) is 1.56. The molecule has 0 unspecified atom stereocenters. The number of benzene rings is 2. The second-order valence-corrected chi connectivity index (χ2v) is 4.79. The maximum atomic E-state index is 13.4. The monoisotopic (exact) mass is 324 g/mol. The average Bonchev–Trinajstić information content (AvgIpc) is 2.33. The molecule has 3 nitrogen and oxygen atoms in total. The summed E-state index contributed by atoms with van der Waals surface area (Å²) in [7, 11) is 0. The Hall–Kier alpha value is -1.88. The molecule has 2 aromatic rings. The van der Waals surface area contributed by atoms with E-state index in [-0.39, 0.29) is 17.1 Å². The quantitative estimate of drug-likeness (QED) is 0.910. The van der Waals surface area contributed by atoms with E-state index in [0.717, 1.165) is 0 Å². The van der Waals surface area contributed by atoms with E-state index in [0.29, 0.717) is 10.0 Å². The molecule has 0 aliphatic heterocycles. The first-order chi connectivity index (χ1) is 8.99. The van der Waals surface area contributed by atoms with Crippen molar-refractivity contribution in [2.75, 3.05) is 0 Å². The standard InChI is InChI=1S/C14H10BrFO3/c1-8-5-6-9(7-11(8)16)19-12-4-2-3-10(15)13(12)14(17)18/h2-7H,1H3,(H,17,18). The molecule has 0 fully saturated rings. The van der Waals surface area contributed by atoms with Crippen molar-refractivity contribution in [3.05, 3.63) is 57.8 Å². The molecule has 0 heterocycles. The van der Waals surface area contributed by atoms with E-state index in [2.05, 4.69) is 15.9 Å². The Kier molecular flexibility index (Phi) is 3.85. The van der Waals surface area contributed by atoms with Crippen molar-refractivity contribution < 1.29 is 19.0 Å². The van der Waals surface area contributed by atoms with E-state index in [9.17, 15) is 9.18 Å². The fraction of sp³-hybridized carbons (Fsp3) is 0.0714. The molecule has 0 saturated heterocycles. The molecule has 0 aromatic heterocycles. The number of halogens is 2. The summed E-state index contributed by atoms with van der Waals surface area (Å²) in [5, 5.41) is 9.14. The third kappa shape index (κ3) is 2.93. The van der Waals surface area contributed by atoms with Crippen LogP contribution in [-0.2, 0) is 0 Å². The Morgan fingerprint density at radius 1 is 1.32 bits per heavy atom. The van der Waals surface area contributed by atoms with Crippen LogP contribution in [0.3, 0.4) is 0 Å². The van der Waals surface area contributed by atoms with Crippen molar-refractivity contribution in [3.63, 3.8) is 0 Å². The highest BCUT2D eigenvalue weighted by Gasteiger charge is 2.16. The van der Waals surface area contributed by atoms with E-state index >= 15 is 0 Å². The largest absolute Gasteiger partial charge is 0.478 e. The molecule has 1 N–H and O–H groups in total. The van der Waals surface area contributed by atoms with E-state index in [1.54, 1.807) is 31.2 Å². The number of hydrogen-bond acceptors (Lipinski definition) is 2. The summed E-state index contributed by atoms with van der Waals surface area (Å²) < 4.78 is 19.3. The maximum absolute atomic E-state index is 13.4.